The van der Waals surface area contributed by atoms with Crippen LogP contribution in [-0.2, 0) is 11.4 Å². The number of aryl methyl sites for hydroxylation is 2. The van der Waals surface area contributed by atoms with Crippen molar-refractivity contribution in [1.82, 2.24) is 5.32 Å². The van der Waals surface area contributed by atoms with Crippen molar-refractivity contribution < 1.29 is 14.3 Å². The minimum absolute atomic E-state index is 0.167. The number of hydrogen-bond donors (Lipinski definition) is 1. The minimum atomic E-state index is -0.167. The van der Waals surface area contributed by atoms with Crippen LogP contribution in [0.4, 0.5) is 5.69 Å². The zero-order chi connectivity index (χ0) is 22.5. The van der Waals surface area contributed by atoms with Crippen LogP contribution in [0.1, 0.15) is 22.3 Å². The Kier molecular flexibility index (Phi) is 6.61. The van der Waals surface area contributed by atoms with Gasteiger partial charge in [0.05, 0.1) is 17.7 Å². The molecule has 6 heteroatoms. The highest BCUT2D eigenvalue weighted by atomic mass is 32.2. The Morgan fingerprint density at radius 1 is 0.969 bits per heavy atom. The van der Waals surface area contributed by atoms with Gasteiger partial charge in [-0.05, 0) is 67.1 Å². The number of amides is 1. The molecule has 1 heterocycles. The lowest BCUT2D eigenvalue weighted by atomic mass is 10.1. The number of amidine groups is 1. The summed E-state index contributed by atoms with van der Waals surface area (Å²) in [5.41, 5.74) is 5.10. The van der Waals surface area contributed by atoms with Gasteiger partial charge in [0.1, 0.15) is 6.61 Å². The van der Waals surface area contributed by atoms with Gasteiger partial charge in [-0.25, -0.2) is 4.99 Å². The number of nitrogens with zero attached hydrogens (tertiary/aromatic N) is 1. The average molecular weight is 445 g/mol. The van der Waals surface area contributed by atoms with E-state index in [2.05, 4.69) is 29.4 Å². The van der Waals surface area contributed by atoms with Gasteiger partial charge in [0, 0.05) is 0 Å². The number of rotatable bonds is 6. The quantitative estimate of drug-likeness (QED) is 0.490. The summed E-state index contributed by atoms with van der Waals surface area (Å²) >= 11 is 1.32. The molecule has 1 amide bonds. The lowest BCUT2D eigenvalue weighted by Crippen LogP contribution is -2.19. The molecule has 0 spiro atoms. The monoisotopic (exact) mass is 444 g/mol. The minimum Gasteiger partial charge on any atom is -0.493 e. The van der Waals surface area contributed by atoms with Crippen molar-refractivity contribution >= 4 is 34.6 Å². The molecule has 1 aliphatic heterocycles. The molecule has 0 atom stereocenters. The number of methoxy groups -OCH3 is 1. The van der Waals surface area contributed by atoms with Crippen LogP contribution in [0.15, 0.2) is 76.6 Å². The van der Waals surface area contributed by atoms with Crippen LogP contribution in [-0.4, -0.2) is 18.2 Å². The van der Waals surface area contributed by atoms with Crippen molar-refractivity contribution in [2.75, 3.05) is 7.11 Å². The second kappa shape index (κ2) is 9.75. The predicted molar refractivity (Wildman–Crippen MR) is 130 cm³/mol. The molecule has 3 aromatic rings. The average Bonchev–Trinajstić information content (AvgIpc) is 3.12. The van der Waals surface area contributed by atoms with Gasteiger partial charge in [-0.15, -0.1) is 0 Å². The van der Waals surface area contributed by atoms with E-state index in [1.807, 2.05) is 67.6 Å². The normalized spacial score (nSPS) is 15.8. The summed E-state index contributed by atoms with van der Waals surface area (Å²) in [5.74, 6) is 1.10. The van der Waals surface area contributed by atoms with Gasteiger partial charge in [0.2, 0.25) is 0 Å². The predicted octanol–water partition coefficient (Wildman–Crippen LogP) is 5.78. The van der Waals surface area contributed by atoms with Crippen LogP contribution < -0.4 is 14.8 Å². The second-order valence-electron chi connectivity index (χ2n) is 7.51. The number of carbonyl (C=O) groups is 1. The van der Waals surface area contributed by atoms with Gasteiger partial charge in [-0.3, -0.25) is 4.79 Å². The number of ether oxygens (including phenoxy) is 2. The molecule has 3 aromatic carbocycles. The smallest absolute Gasteiger partial charge is 0.264 e. The number of thioether (sulfide) groups is 1. The van der Waals surface area contributed by atoms with E-state index in [0.717, 1.165) is 22.4 Å². The van der Waals surface area contributed by atoms with E-state index in [-0.39, 0.29) is 5.91 Å². The molecule has 0 radical (unpaired) electrons. The Labute approximate surface area is 192 Å². The number of aliphatic imine (C=N–C) groups is 1. The molecular weight excluding hydrogens is 420 g/mol. The van der Waals surface area contributed by atoms with Gasteiger partial charge in [0.15, 0.2) is 16.7 Å². The van der Waals surface area contributed by atoms with E-state index in [1.54, 1.807) is 7.11 Å². The van der Waals surface area contributed by atoms with Crippen LogP contribution in [0.25, 0.3) is 6.08 Å². The zero-order valence-electron chi connectivity index (χ0n) is 18.2. The fourth-order valence-electron chi connectivity index (χ4n) is 3.22. The molecule has 0 unspecified atom stereocenters. The maximum absolute atomic E-state index is 12.4. The first-order valence-corrected chi connectivity index (χ1v) is 11.0. The first-order chi connectivity index (χ1) is 15.5. The molecule has 4 rings (SSSR count). The summed E-state index contributed by atoms with van der Waals surface area (Å²) in [6.45, 7) is 4.53. The van der Waals surface area contributed by atoms with Crippen LogP contribution in [0.5, 0.6) is 11.5 Å². The fraction of sp³-hybridized carbons (Fsp3) is 0.154. The van der Waals surface area contributed by atoms with Gasteiger partial charge in [-0.1, -0.05) is 53.6 Å². The Morgan fingerprint density at radius 3 is 2.53 bits per heavy atom. The first-order valence-electron chi connectivity index (χ1n) is 10.2. The largest absolute Gasteiger partial charge is 0.493 e. The SMILES string of the molecule is COc1cc(C=C2SC(=Nc3ccc(C)cc3)NC2=O)ccc1OCc1cccc(C)c1. The molecule has 162 valence electrons. The molecule has 0 bridgehead atoms. The van der Waals surface area contributed by atoms with Gasteiger partial charge < -0.3 is 14.8 Å². The number of carbonyl (C=O) groups excluding carboxylic acids is 1. The highest BCUT2D eigenvalue weighted by Crippen LogP contribution is 2.32. The maximum atomic E-state index is 12.4. The molecule has 1 aliphatic rings. The third kappa shape index (κ3) is 5.39. The molecule has 0 aromatic heterocycles. The Balaban J connectivity index is 1.48. The molecule has 0 saturated carbocycles. The summed E-state index contributed by atoms with van der Waals surface area (Å²) in [4.78, 5) is 17.5. The van der Waals surface area contributed by atoms with Crippen molar-refractivity contribution in [2.45, 2.75) is 20.5 Å². The summed E-state index contributed by atoms with van der Waals surface area (Å²) in [6.07, 6.45) is 1.82. The molecule has 5 nitrogen and oxygen atoms in total. The molecule has 1 N–H and O–H groups in total. The number of benzene rings is 3. The standard InChI is InChI=1S/C26H24N2O3S/c1-17-7-10-21(11-8-17)27-26-28-25(29)24(32-26)15-19-9-12-22(23(14-19)30-3)31-16-20-6-4-5-18(2)13-20/h4-15H,16H2,1-3H3,(H,27,28,29). The van der Waals surface area contributed by atoms with Crippen molar-refractivity contribution in [3.63, 3.8) is 0 Å². The van der Waals surface area contributed by atoms with Crippen molar-refractivity contribution in [2.24, 2.45) is 4.99 Å². The summed E-state index contributed by atoms with van der Waals surface area (Å²) in [5, 5.41) is 3.39. The second-order valence-corrected chi connectivity index (χ2v) is 8.54. The van der Waals surface area contributed by atoms with Gasteiger partial charge in [0.25, 0.3) is 5.91 Å². The molecule has 32 heavy (non-hydrogen) atoms. The third-order valence-corrected chi connectivity index (χ3v) is 5.79. The fourth-order valence-corrected chi connectivity index (χ4v) is 4.07. The summed E-state index contributed by atoms with van der Waals surface area (Å²) in [6, 6.07) is 21.7. The van der Waals surface area contributed by atoms with E-state index in [1.165, 1.54) is 17.3 Å². The van der Waals surface area contributed by atoms with Gasteiger partial charge in [-0.2, -0.15) is 0 Å². The van der Waals surface area contributed by atoms with E-state index >= 15 is 0 Å². The Morgan fingerprint density at radius 2 is 1.78 bits per heavy atom. The van der Waals surface area contributed by atoms with Gasteiger partial charge >= 0.3 is 0 Å². The van der Waals surface area contributed by atoms with Crippen molar-refractivity contribution in [3.8, 4) is 11.5 Å². The maximum Gasteiger partial charge on any atom is 0.264 e. The molecule has 1 saturated heterocycles. The van der Waals surface area contributed by atoms with Crippen LogP contribution >= 0.6 is 11.8 Å². The molecule has 1 fully saturated rings. The molecular formula is C26H24N2O3S. The van der Waals surface area contributed by atoms with E-state index in [0.29, 0.717) is 28.2 Å². The van der Waals surface area contributed by atoms with E-state index in [4.69, 9.17) is 9.47 Å². The summed E-state index contributed by atoms with van der Waals surface area (Å²) < 4.78 is 11.5. The highest BCUT2D eigenvalue weighted by molar-refractivity contribution is 8.18. The lowest BCUT2D eigenvalue weighted by molar-refractivity contribution is -0.115. The Bertz CT molecular complexity index is 1200. The van der Waals surface area contributed by atoms with Crippen LogP contribution in [0.2, 0.25) is 0 Å². The van der Waals surface area contributed by atoms with Crippen LogP contribution in [0, 0.1) is 13.8 Å². The topological polar surface area (TPSA) is 59.9 Å². The highest BCUT2D eigenvalue weighted by Gasteiger charge is 2.24. The van der Waals surface area contributed by atoms with Crippen LogP contribution in [0.3, 0.4) is 0 Å². The zero-order valence-corrected chi connectivity index (χ0v) is 19.0. The molecule has 0 aliphatic carbocycles. The Hall–Kier alpha value is -3.51. The van der Waals surface area contributed by atoms with Crippen molar-refractivity contribution in [3.05, 3.63) is 93.9 Å². The van der Waals surface area contributed by atoms with E-state index < -0.39 is 0 Å². The number of nitrogens with one attached hydrogen (secondary N) is 1. The third-order valence-electron chi connectivity index (χ3n) is 4.88. The first kappa shape index (κ1) is 21.7. The number of hydrogen-bond acceptors (Lipinski definition) is 5. The summed E-state index contributed by atoms with van der Waals surface area (Å²) in [7, 11) is 1.61. The van der Waals surface area contributed by atoms with Crippen molar-refractivity contribution in [1.29, 1.82) is 0 Å². The van der Waals surface area contributed by atoms with E-state index in [9.17, 15) is 4.79 Å². The lowest BCUT2D eigenvalue weighted by Gasteiger charge is -2.12.